The molecule has 25 heavy (non-hydrogen) atoms. The third-order valence-corrected chi connectivity index (χ3v) is 4.95. The Morgan fingerprint density at radius 2 is 1.92 bits per heavy atom. The van der Waals surface area contributed by atoms with Crippen LogP contribution in [0, 0.1) is 0 Å². The highest BCUT2D eigenvalue weighted by atomic mass is 35.5. The predicted octanol–water partition coefficient (Wildman–Crippen LogP) is 4.96. The molecular weight excluding hydrogens is 360 g/mol. The second-order valence-electron chi connectivity index (χ2n) is 5.21. The highest BCUT2D eigenvalue weighted by molar-refractivity contribution is 7.20. The van der Waals surface area contributed by atoms with E-state index in [0.29, 0.717) is 21.4 Å². The molecule has 0 N–H and O–H groups in total. The van der Waals surface area contributed by atoms with Crippen molar-refractivity contribution >= 4 is 39.0 Å². The number of benzene rings is 2. The van der Waals surface area contributed by atoms with Gasteiger partial charge >= 0.3 is 5.97 Å². The van der Waals surface area contributed by atoms with Gasteiger partial charge in [-0.15, -0.1) is 21.5 Å². The molecule has 0 saturated carbocycles. The molecule has 0 radical (unpaired) electrons. The summed E-state index contributed by atoms with van der Waals surface area (Å²) < 4.78 is 11.8. The first kappa shape index (κ1) is 15.8. The van der Waals surface area contributed by atoms with Crippen LogP contribution in [0.5, 0.6) is 0 Å². The Bertz CT molecular complexity index is 1020. The normalized spacial score (nSPS) is 10.9. The van der Waals surface area contributed by atoms with Crippen LogP contribution in [0.25, 0.3) is 21.5 Å². The number of carbonyl (C=O) groups is 1. The average Bonchev–Trinajstić information content (AvgIpc) is 3.27. The van der Waals surface area contributed by atoms with Crippen molar-refractivity contribution in [1.29, 1.82) is 0 Å². The summed E-state index contributed by atoms with van der Waals surface area (Å²) in [5.41, 5.74) is 0.638. The van der Waals surface area contributed by atoms with E-state index in [1.807, 2.05) is 42.5 Å². The fourth-order valence-electron chi connectivity index (χ4n) is 2.34. The maximum Gasteiger partial charge on any atom is 0.348 e. The van der Waals surface area contributed by atoms with Crippen molar-refractivity contribution in [1.82, 2.24) is 10.2 Å². The lowest BCUT2D eigenvalue weighted by Gasteiger charge is -1.99. The molecule has 2 aromatic carbocycles. The van der Waals surface area contributed by atoms with Crippen molar-refractivity contribution in [3.8, 4) is 11.5 Å². The maximum atomic E-state index is 12.2. The monoisotopic (exact) mass is 370 g/mol. The SMILES string of the molecule is O=C(OCc1nnc(-c2ccccc2Cl)o1)c1cc2ccccc2s1. The van der Waals surface area contributed by atoms with Gasteiger partial charge < -0.3 is 9.15 Å². The summed E-state index contributed by atoms with van der Waals surface area (Å²) in [5, 5.41) is 9.36. The van der Waals surface area contributed by atoms with Gasteiger partial charge in [0.25, 0.3) is 5.89 Å². The molecular formula is C18H11ClN2O3S. The van der Waals surface area contributed by atoms with E-state index >= 15 is 0 Å². The number of thiophene rings is 1. The van der Waals surface area contributed by atoms with Crippen LogP contribution >= 0.6 is 22.9 Å². The Kier molecular flexibility index (Phi) is 4.21. The van der Waals surface area contributed by atoms with E-state index in [1.54, 1.807) is 12.1 Å². The van der Waals surface area contributed by atoms with Crippen LogP contribution < -0.4 is 0 Å². The minimum absolute atomic E-state index is 0.0927. The van der Waals surface area contributed by atoms with Crippen molar-refractivity contribution in [2.24, 2.45) is 0 Å². The van der Waals surface area contributed by atoms with Crippen LogP contribution in [0.3, 0.4) is 0 Å². The average molecular weight is 371 g/mol. The van der Waals surface area contributed by atoms with Gasteiger partial charge in [-0.2, -0.15) is 0 Å². The summed E-state index contributed by atoms with van der Waals surface area (Å²) in [6, 6.07) is 16.8. The Morgan fingerprint density at radius 1 is 1.12 bits per heavy atom. The molecule has 0 aliphatic heterocycles. The van der Waals surface area contributed by atoms with Crippen molar-refractivity contribution in [3.63, 3.8) is 0 Å². The van der Waals surface area contributed by atoms with Gasteiger partial charge in [0.15, 0.2) is 6.61 Å². The number of nitrogens with zero attached hydrogens (tertiary/aromatic N) is 2. The third kappa shape index (κ3) is 3.26. The lowest BCUT2D eigenvalue weighted by molar-refractivity contribution is 0.0444. The topological polar surface area (TPSA) is 65.2 Å². The molecule has 0 unspecified atom stereocenters. The van der Waals surface area contributed by atoms with Crippen molar-refractivity contribution < 1.29 is 13.9 Å². The van der Waals surface area contributed by atoms with Crippen molar-refractivity contribution in [2.75, 3.05) is 0 Å². The van der Waals surface area contributed by atoms with Gasteiger partial charge in [0, 0.05) is 4.70 Å². The summed E-state index contributed by atoms with van der Waals surface area (Å²) in [6.07, 6.45) is 0. The van der Waals surface area contributed by atoms with Crippen LogP contribution in [0.1, 0.15) is 15.6 Å². The first-order valence-corrected chi connectivity index (χ1v) is 8.63. The number of hydrogen-bond acceptors (Lipinski definition) is 6. The number of aromatic nitrogens is 2. The van der Waals surface area contributed by atoms with E-state index in [0.717, 1.165) is 10.1 Å². The largest absolute Gasteiger partial charge is 0.451 e. The van der Waals surface area contributed by atoms with Gasteiger partial charge in [0.1, 0.15) is 4.88 Å². The van der Waals surface area contributed by atoms with E-state index < -0.39 is 5.97 Å². The van der Waals surface area contributed by atoms with Crippen LogP contribution in [0.2, 0.25) is 5.02 Å². The molecule has 4 rings (SSSR count). The second-order valence-corrected chi connectivity index (χ2v) is 6.70. The number of carbonyl (C=O) groups excluding carboxylic acids is 1. The summed E-state index contributed by atoms with van der Waals surface area (Å²) in [5.74, 6) is 0.0848. The Hall–Kier alpha value is -2.70. The van der Waals surface area contributed by atoms with E-state index in [4.69, 9.17) is 20.8 Å². The van der Waals surface area contributed by atoms with Crippen LogP contribution in [-0.4, -0.2) is 16.2 Å². The molecule has 124 valence electrons. The fourth-order valence-corrected chi connectivity index (χ4v) is 3.51. The first-order chi connectivity index (χ1) is 12.2. The number of ether oxygens (including phenoxy) is 1. The van der Waals surface area contributed by atoms with Crippen LogP contribution in [0.4, 0.5) is 0 Å². The van der Waals surface area contributed by atoms with Crippen molar-refractivity contribution in [3.05, 3.63) is 70.4 Å². The number of halogens is 1. The first-order valence-electron chi connectivity index (χ1n) is 7.44. The number of hydrogen-bond donors (Lipinski definition) is 0. The molecule has 0 amide bonds. The smallest absolute Gasteiger partial charge is 0.348 e. The number of fused-ring (bicyclic) bond motifs is 1. The third-order valence-electron chi connectivity index (χ3n) is 3.52. The fraction of sp³-hybridized carbons (Fsp3) is 0.0556. The lowest BCUT2D eigenvalue weighted by atomic mass is 10.2. The number of esters is 1. The van der Waals surface area contributed by atoms with Gasteiger partial charge in [-0.1, -0.05) is 41.9 Å². The van der Waals surface area contributed by atoms with E-state index in [1.165, 1.54) is 11.3 Å². The summed E-state index contributed by atoms with van der Waals surface area (Å²) in [6.45, 7) is -0.0927. The van der Waals surface area contributed by atoms with E-state index in [-0.39, 0.29) is 12.5 Å². The quantitative estimate of drug-likeness (QED) is 0.475. The molecule has 2 heterocycles. The number of rotatable bonds is 4. The minimum Gasteiger partial charge on any atom is -0.451 e. The summed E-state index contributed by atoms with van der Waals surface area (Å²) in [7, 11) is 0. The summed E-state index contributed by atoms with van der Waals surface area (Å²) >= 11 is 7.49. The molecule has 0 aliphatic carbocycles. The van der Waals surface area contributed by atoms with Crippen LogP contribution in [0.15, 0.2) is 59.0 Å². The van der Waals surface area contributed by atoms with Gasteiger partial charge in [0.05, 0.1) is 10.6 Å². The predicted molar refractivity (Wildman–Crippen MR) is 95.7 cm³/mol. The molecule has 0 aliphatic rings. The molecule has 5 nitrogen and oxygen atoms in total. The van der Waals surface area contributed by atoms with Gasteiger partial charge in [-0.3, -0.25) is 0 Å². The van der Waals surface area contributed by atoms with Crippen molar-refractivity contribution in [2.45, 2.75) is 6.61 Å². The molecule has 4 aromatic rings. The van der Waals surface area contributed by atoms with Gasteiger partial charge in [0.2, 0.25) is 5.89 Å². The Morgan fingerprint density at radius 3 is 2.76 bits per heavy atom. The van der Waals surface area contributed by atoms with E-state index in [2.05, 4.69) is 10.2 Å². The lowest BCUT2D eigenvalue weighted by Crippen LogP contribution is -2.03. The molecule has 0 saturated heterocycles. The molecule has 7 heteroatoms. The van der Waals surface area contributed by atoms with Gasteiger partial charge in [-0.05, 0) is 29.7 Å². The Labute approximate surface area is 151 Å². The molecule has 0 spiro atoms. The maximum absolute atomic E-state index is 12.2. The highest BCUT2D eigenvalue weighted by Crippen LogP contribution is 2.27. The molecule has 0 fully saturated rings. The van der Waals surface area contributed by atoms with E-state index in [9.17, 15) is 4.79 Å². The molecule has 0 bridgehead atoms. The standard InChI is InChI=1S/C18H11ClN2O3S/c19-13-7-3-2-6-12(13)17-21-20-16(24-17)10-23-18(22)15-9-11-5-1-4-8-14(11)25-15/h1-9H,10H2. The molecule has 0 atom stereocenters. The zero-order valence-electron chi connectivity index (χ0n) is 12.8. The van der Waals surface area contributed by atoms with Crippen LogP contribution in [-0.2, 0) is 11.3 Å². The zero-order valence-corrected chi connectivity index (χ0v) is 14.4. The molecule has 2 aromatic heterocycles. The second kappa shape index (κ2) is 6.66. The zero-order chi connectivity index (χ0) is 17.2. The summed E-state index contributed by atoms with van der Waals surface area (Å²) in [4.78, 5) is 12.7. The van der Waals surface area contributed by atoms with Gasteiger partial charge in [-0.25, -0.2) is 4.79 Å². The Balaban J connectivity index is 1.46. The minimum atomic E-state index is -0.418. The highest BCUT2D eigenvalue weighted by Gasteiger charge is 2.15.